The number of hydrogen-bond acceptors (Lipinski definition) is 3. The van der Waals surface area contributed by atoms with Gasteiger partial charge in [-0.2, -0.15) is 0 Å². The molecule has 1 N–H and O–H groups in total. The third-order valence-corrected chi connectivity index (χ3v) is 3.91. The molecule has 23 heavy (non-hydrogen) atoms. The van der Waals surface area contributed by atoms with E-state index in [4.69, 9.17) is 0 Å². The van der Waals surface area contributed by atoms with Crippen molar-refractivity contribution < 1.29 is 5.11 Å². The zero-order valence-corrected chi connectivity index (χ0v) is 12.9. The van der Waals surface area contributed by atoms with Crippen molar-refractivity contribution in [3.63, 3.8) is 0 Å². The lowest BCUT2D eigenvalue weighted by Crippen LogP contribution is -2.18. The molecule has 3 rings (SSSR count). The lowest BCUT2D eigenvalue weighted by Gasteiger charge is -2.08. The van der Waals surface area contributed by atoms with Crippen molar-refractivity contribution in [2.45, 2.75) is 12.8 Å². The molecule has 0 radical (unpaired) electrons. The maximum absolute atomic E-state index is 11.8. The summed E-state index contributed by atoms with van der Waals surface area (Å²) in [6.07, 6.45) is 3.16. The molecule has 0 aliphatic heterocycles. The van der Waals surface area contributed by atoms with Gasteiger partial charge in [-0.15, -0.1) is 0 Å². The average molecular weight is 306 g/mol. The Morgan fingerprint density at radius 1 is 0.957 bits per heavy atom. The Kier molecular flexibility index (Phi) is 4.24. The summed E-state index contributed by atoms with van der Waals surface area (Å²) in [5.41, 5.74) is 2.97. The second-order valence-corrected chi connectivity index (χ2v) is 5.51. The molecular formula is C19H18N2O2. The standard InChI is InChI=1S/C19H18N2O2/c1-21-18(20-13-17(22)19(21)23)16-11-9-15(10-12-16)8-7-14-5-3-2-4-6-14/h2-6,9-13,22H,7-8H2,1H3. The molecule has 0 aliphatic rings. The zero-order valence-electron chi connectivity index (χ0n) is 12.9. The third-order valence-electron chi connectivity index (χ3n) is 3.91. The van der Waals surface area contributed by atoms with E-state index in [2.05, 4.69) is 41.4 Å². The van der Waals surface area contributed by atoms with Crippen LogP contribution in [0.3, 0.4) is 0 Å². The Hall–Kier alpha value is -2.88. The summed E-state index contributed by atoms with van der Waals surface area (Å²) in [5.74, 6) is 0.207. The molecule has 0 unspecified atom stereocenters. The van der Waals surface area contributed by atoms with E-state index >= 15 is 0 Å². The summed E-state index contributed by atoms with van der Waals surface area (Å²) >= 11 is 0. The minimum Gasteiger partial charge on any atom is -0.502 e. The Labute approximate surface area is 134 Å². The molecule has 0 spiro atoms. The Balaban J connectivity index is 1.77. The zero-order chi connectivity index (χ0) is 16.2. The van der Waals surface area contributed by atoms with E-state index in [1.54, 1.807) is 7.05 Å². The monoisotopic (exact) mass is 306 g/mol. The first-order valence-corrected chi connectivity index (χ1v) is 7.53. The van der Waals surface area contributed by atoms with Crippen LogP contribution in [0.1, 0.15) is 11.1 Å². The highest BCUT2D eigenvalue weighted by molar-refractivity contribution is 5.56. The Morgan fingerprint density at radius 2 is 1.57 bits per heavy atom. The van der Waals surface area contributed by atoms with Crippen molar-refractivity contribution in [3.05, 3.63) is 82.3 Å². The lowest BCUT2D eigenvalue weighted by molar-refractivity contribution is 0.457. The fourth-order valence-corrected chi connectivity index (χ4v) is 2.55. The van der Waals surface area contributed by atoms with Gasteiger partial charge in [0.15, 0.2) is 5.75 Å². The Bertz CT molecular complexity index is 853. The number of aromatic hydroxyl groups is 1. The number of rotatable bonds is 4. The third kappa shape index (κ3) is 3.31. The van der Waals surface area contributed by atoms with E-state index in [0.717, 1.165) is 18.4 Å². The summed E-state index contributed by atoms with van der Waals surface area (Å²) in [6, 6.07) is 18.4. The molecule has 0 bridgehead atoms. The van der Waals surface area contributed by atoms with E-state index in [-0.39, 0.29) is 5.75 Å². The van der Waals surface area contributed by atoms with Crippen molar-refractivity contribution in [2.75, 3.05) is 0 Å². The van der Waals surface area contributed by atoms with Crippen LogP contribution in [0, 0.1) is 0 Å². The highest BCUT2D eigenvalue weighted by Gasteiger charge is 2.08. The average Bonchev–Trinajstić information content (AvgIpc) is 2.60. The molecule has 0 saturated heterocycles. The first-order valence-electron chi connectivity index (χ1n) is 7.53. The quantitative estimate of drug-likeness (QED) is 0.806. The van der Waals surface area contributed by atoms with Gasteiger partial charge < -0.3 is 5.11 Å². The van der Waals surface area contributed by atoms with Crippen molar-refractivity contribution in [1.82, 2.24) is 9.55 Å². The fraction of sp³-hybridized carbons (Fsp3) is 0.158. The maximum atomic E-state index is 11.8. The molecule has 4 nitrogen and oxygen atoms in total. The predicted octanol–water partition coefficient (Wildman–Crippen LogP) is 2.94. The van der Waals surface area contributed by atoms with Crippen LogP contribution in [-0.2, 0) is 19.9 Å². The summed E-state index contributed by atoms with van der Waals surface area (Å²) in [6.45, 7) is 0. The highest BCUT2D eigenvalue weighted by Crippen LogP contribution is 2.18. The van der Waals surface area contributed by atoms with E-state index in [0.29, 0.717) is 5.82 Å². The number of aromatic nitrogens is 2. The summed E-state index contributed by atoms with van der Waals surface area (Å²) < 4.78 is 1.36. The van der Waals surface area contributed by atoms with Crippen molar-refractivity contribution in [2.24, 2.45) is 7.05 Å². The van der Waals surface area contributed by atoms with Crippen molar-refractivity contribution >= 4 is 0 Å². The van der Waals surface area contributed by atoms with Gasteiger partial charge in [-0.25, -0.2) is 4.98 Å². The normalized spacial score (nSPS) is 10.7. The van der Waals surface area contributed by atoms with E-state index in [9.17, 15) is 9.90 Å². The number of nitrogens with zero attached hydrogens (tertiary/aromatic N) is 2. The van der Waals surface area contributed by atoms with Gasteiger partial charge in [0.25, 0.3) is 5.56 Å². The second kappa shape index (κ2) is 6.48. The van der Waals surface area contributed by atoms with Crippen LogP contribution >= 0.6 is 0 Å². The van der Waals surface area contributed by atoms with Gasteiger partial charge in [0.2, 0.25) is 0 Å². The summed E-state index contributed by atoms with van der Waals surface area (Å²) in [5, 5.41) is 9.40. The lowest BCUT2D eigenvalue weighted by atomic mass is 10.0. The number of aryl methyl sites for hydroxylation is 2. The van der Waals surface area contributed by atoms with Crippen LogP contribution in [0.15, 0.2) is 65.6 Å². The molecule has 2 aromatic carbocycles. The van der Waals surface area contributed by atoms with Gasteiger partial charge in [-0.1, -0.05) is 54.6 Å². The van der Waals surface area contributed by atoms with Crippen LogP contribution < -0.4 is 5.56 Å². The molecular weight excluding hydrogens is 288 g/mol. The van der Waals surface area contributed by atoms with E-state index in [1.165, 1.54) is 21.9 Å². The minimum atomic E-state index is -0.442. The largest absolute Gasteiger partial charge is 0.502 e. The van der Waals surface area contributed by atoms with E-state index in [1.807, 2.05) is 18.2 Å². The van der Waals surface area contributed by atoms with Gasteiger partial charge in [0.1, 0.15) is 5.82 Å². The van der Waals surface area contributed by atoms with Crippen LogP contribution in [0.5, 0.6) is 5.75 Å². The fourth-order valence-electron chi connectivity index (χ4n) is 2.55. The van der Waals surface area contributed by atoms with Gasteiger partial charge >= 0.3 is 0 Å². The molecule has 0 fully saturated rings. The molecule has 116 valence electrons. The topological polar surface area (TPSA) is 55.1 Å². The number of benzene rings is 2. The Morgan fingerprint density at radius 3 is 2.22 bits per heavy atom. The number of hydrogen-bond donors (Lipinski definition) is 1. The summed E-state index contributed by atoms with van der Waals surface area (Å²) in [4.78, 5) is 15.9. The van der Waals surface area contributed by atoms with Crippen LogP contribution in [0.25, 0.3) is 11.4 Å². The molecule has 4 heteroatoms. The van der Waals surface area contributed by atoms with Gasteiger partial charge in [-0.3, -0.25) is 9.36 Å². The molecule has 1 heterocycles. The highest BCUT2D eigenvalue weighted by atomic mass is 16.3. The first kappa shape index (κ1) is 15.0. The molecule has 0 atom stereocenters. The smallest absolute Gasteiger partial charge is 0.295 e. The van der Waals surface area contributed by atoms with Crippen LogP contribution in [0.4, 0.5) is 0 Å². The predicted molar refractivity (Wildman–Crippen MR) is 90.4 cm³/mol. The maximum Gasteiger partial charge on any atom is 0.295 e. The summed E-state index contributed by atoms with van der Waals surface area (Å²) in [7, 11) is 1.60. The van der Waals surface area contributed by atoms with Gasteiger partial charge in [0.05, 0.1) is 6.20 Å². The molecule has 0 amide bonds. The van der Waals surface area contributed by atoms with Gasteiger partial charge in [-0.05, 0) is 24.0 Å². The van der Waals surface area contributed by atoms with Crippen LogP contribution in [-0.4, -0.2) is 14.7 Å². The van der Waals surface area contributed by atoms with E-state index < -0.39 is 5.56 Å². The molecule has 0 saturated carbocycles. The first-order chi connectivity index (χ1) is 11.1. The molecule has 0 aliphatic carbocycles. The SMILES string of the molecule is Cn1c(-c2ccc(CCc3ccccc3)cc2)ncc(O)c1=O. The molecule has 1 aromatic heterocycles. The van der Waals surface area contributed by atoms with Crippen molar-refractivity contribution in [1.29, 1.82) is 0 Å². The molecule has 3 aromatic rings. The van der Waals surface area contributed by atoms with Crippen molar-refractivity contribution in [3.8, 4) is 17.1 Å². The second-order valence-electron chi connectivity index (χ2n) is 5.51. The van der Waals surface area contributed by atoms with Crippen LogP contribution in [0.2, 0.25) is 0 Å². The minimum absolute atomic E-state index is 0.337. The van der Waals surface area contributed by atoms with Gasteiger partial charge in [0, 0.05) is 12.6 Å².